The molecule has 0 aromatic carbocycles. The van der Waals surface area contributed by atoms with E-state index in [4.69, 9.17) is 18.0 Å². The van der Waals surface area contributed by atoms with Gasteiger partial charge >= 0.3 is 0 Å². The number of nitrogens with two attached hydrogens (primary N) is 1. The molecule has 0 radical (unpaired) electrons. The van der Waals surface area contributed by atoms with E-state index in [1.54, 1.807) is 0 Å². The van der Waals surface area contributed by atoms with Gasteiger partial charge in [0.25, 0.3) is 0 Å². The summed E-state index contributed by atoms with van der Waals surface area (Å²) in [7, 11) is 0. The van der Waals surface area contributed by atoms with Crippen molar-refractivity contribution in [2.75, 3.05) is 0 Å². The second kappa shape index (κ2) is 6.34. The lowest BCUT2D eigenvalue weighted by molar-refractivity contribution is -0.131. The van der Waals surface area contributed by atoms with Crippen LogP contribution in [-0.4, -0.2) is 16.9 Å². The van der Waals surface area contributed by atoms with Crippen LogP contribution in [0.1, 0.15) is 58.8 Å². The molecule has 1 aliphatic carbocycles. The van der Waals surface area contributed by atoms with Crippen molar-refractivity contribution in [3.63, 3.8) is 0 Å². The van der Waals surface area contributed by atoms with Gasteiger partial charge in [-0.05, 0) is 26.2 Å². The van der Waals surface area contributed by atoms with Crippen LogP contribution in [-0.2, 0) is 4.79 Å². The number of thiocarbonyl (C=S) groups is 1. The molecule has 0 spiro atoms. The van der Waals surface area contributed by atoms with Crippen LogP contribution in [0.25, 0.3) is 0 Å². The van der Waals surface area contributed by atoms with E-state index in [0.29, 0.717) is 4.99 Å². The fourth-order valence-electron chi connectivity index (χ4n) is 2.25. The Hall–Kier alpha value is -0.640. The average Bonchev–Trinajstić information content (AvgIpc) is 2.15. The highest BCUT2D eigenvalue weighted by molar-refractivity contribution is 7.80. The van der Waals surface area contributed by atoms with Crippen molar-refractivity contribution in [2.24, 2.45) is 11.1 Å². The molecule has 3 N–H and O–H groups in total. The topological polar surface area (TPSA) is 55.1 Å². The molecule has 0 aromatic heterocycles. The van der Waals surface area contributed by atoms with E-state index in [-0.39, 0.29) is 11.9 Å². The summed E-state index contributed by atoms with van der Waals surface area (Å²) in [5, 5.41) is 3.06. The van der Waals surface area contributed by atoms with E-state index in [9.17, 15) is 4.79 Å². The van der Waals surface area contributed by atoms with Crippen LogP contribution < -0.4 is 11.1 Å². The molecule has 17 heavy (non-hydrogen) atoms. The Balaban J connectivity index is 2.40. The van der Waals surface area contributed by atoms with Gasteiger partial charge in [-0.2, -0.15) is 0 Å². The summed E-state index contributed by atoms with van der Waals surface area (Å²) in [6.07, 6.45) is 7.31. The minimum Gasteiger partial charge on any atom is -0.392 e. The molecule has 1 fully saturated rings. The molecule has 3 nitrogen and oxygen atoms in total. The molecule has 1 unspecified atom stereocenters. The number of hydrogen-bond acceptors (Lipinski definition) is 2. The van der Waals surface area contributed by atoms with E-state index < -0.39 is 5.41 Å². The predicted molar refractivity (Wildman–Crippen MR) is 74.8 cm³/mol. The Morgan fingerprint density at radius 1 is 1.47 bits per heavy atom. The quantitative estimate of drug-likeness (QED) is 0.543. The van der Waals surface area contributed by atoms with E-state index in [2.05, 4.69) is 19.2 Å². The molecule has 1 atom stereocenters. The van der Waals surface area contributed by atoms with Gasteiger partial charge in [0.15, 0.2) is 0 Å². The summed E-state index contributed by atoms with van der Waals surface area (Å²) in [6.45, 7) is 4.24. The van der Waals surface area contributed by atoms with Gasteiger partial charge in [-0.1, -0.05) is 44.8 Å². The third kappa shape index (κ3) is 3.41. The van der Waals surface area contributed by atoms with Crippen LogP contribution in [0.4, 0.5) is 0 Å². The summed E-state index contributed by atoms with van der Waals surface area (Å²) >= 11 is 5.03. The zero-order chi connectivity index (χ0) is 12.9. The van der Waals surface area contributed by atoms with Crippen LogP contribution >= 0.6 is 12.2 Å². The SMILES string of the molecule is CCCCCC(C)NC(=O)C1(C(N)=S)CCC1. The molecule has 98 valence electrons. The molecular formula is C13H24N2OS. The number of rotatable bonds is 7. The van der Waals surface area contributed by atoms with Crippen molar-refractivity contribution < 1.29 is 4.79 Å². The first kappa shape index (κ1) is 14.4. The molecule has 0 bridgehead atoms. The van der Waals surface area contributed by atoms with Gasteiger partial charge in [-0.15, -0.1) is 0 Å². The predicted octanol–water partition coefficient (Wildman–Crippen LogP) is 2.53. The van der Waals surface area contributed by atoms with E-state index >= 15 is 0 Å². The van der Waals surface area contributed by atoms with Crippen molar-refractivity contribution in [3.05, 3.63) is 0 Å². The van der Waals surface area contributed by atoms with Crippen LogP contribution in [0.2, 0.25) is 0 Å². The highest BCUT2D eigenvalue weighted by Crippen LogP contribution is 2.41. The molecule has 0 aliphatic heterocycles. The Morgan fingerprint density at radius 3 is 2.53 bits per heavy atom. The van der Waals surface area contributed by atoms with Crippen LogP contribution in [0.15, 0.2) is 0 Å². The Kier molecular flexibility index (Phi) is 5.37. The fraction of sp³-hybridized carbons (Fsp3) is 0.846. The lowest BCUT2D eigenvalue weighted by atomic mass is 9.68. The van der Waals surface area contributed by atoms with Crippen LogP contribution in [0.5, 0.6) is 0 Å². The first-order valence-corrected chi connectivity index (χ1v) is 7.04. The van der Waals surface area contributed by atoms with Crippen LogP contribution in [0, 0.1) is 5.41 Å². The molecule has 1 saturated carbocycles. The molecule has 0 saturated heterocycles. The molecule has 4 heteroatoms. The van der Waals surface area contributed by atoms with Crippen LogP contribution in [0.3, 0.4) is 0 Å². The van der Waals surface area contributed by atoms with Crippen molar-refractivity contribution in [2.45, 2.75) is 64.8 Å². The molecule has 1 aliphatic rings. The largest absolute Gasteiger partial charge is 0.392 e. The normalized spacial score (nSPS) is 19.2. The first-order chi connectivity index (χ1) is 8.03. The highest BCUT2D eigenvalue weighted by atomic mass is 32.1. The zero-order valence-electron chi connectivity index (χ0n) is 10.9. The minimum absolute atomic E-state index is 0.0419. The summed E-state index contributed by atoms with van der Waals surface area (Å²) < 4.78 is 0. The van der Waals surface area contributed by atoms with Gasteiger partial charge in [-0.25, -0.2) is 0 Å². The molecule has 0 heterocycles. The van der Waals surface area contributed by atoms with Crippen molar-refractivity contribution in [1.29, 1.82) is 0 Å². The van der Waals surface area contributed by atoms with Crippen molar-refractivity contribution >= 4 is 23.1 Å². The second-order valence-electron chi connectivity index (χ2n) is 5.17. The van der Waals surface area contributed by atoms with Crippen molar-refractivity contribution in [1.82, 2.24) is 5.32 Å². The third-order valence-corrected chi connectivity index (χ3v) is 4.12. The number of unbranched alkanes of at least 4 members (excludes halogenated alkanes) is 2. The first-order valence-electron chi connectivity index (χ1n) is 6.64. The lowest BCUT2D eigenvalue weighted by Gasteiger charge is -2.39. The summed E-state index contributed by atoms with van der Waals surface area (Å²) in [6, 6.07) is 0.223. The average molecular weight is 256 g/mol. The Morgan fingerprint density at radius 2 is 2.12 bits per heavy atom. The number of carbonyl (C=O) groups is 1. The zero-order valence-corrected chi connectivity index (χ0v) is 11.7. The van der Waals surface area contributed by atoms with Gasteiger partial charge in [0.2, 0.25) is 5.91 Å². The lowest BCUT2D eigenvalue weighted by Crippen LogP contribution is -2.54. The second-order valence-corrected chi connectivity index (χ2v) is 5.61. The van der Waals surface area contributed by atoms with E-state index in [1.165, 1.54) is 12.8 Å². The number of nitrogens with one attached hydrogen (secondary N) is 1. The summed E-state index contributed by atoms with van der Waals surface area (Å²) in [5.41, 5.74) is 5.17. The maximum absolute atomic E-state index is 12.2. The summed E-state index contributed by atoms with van der Waals surface area (Å²) in [4.78, 5) is 12.5. The maximum Gasteiger partial charge on any atom is 0.233 e. The van der Waals surface area contributed by atoms with Gasteiger partial charge in [-0.3, -0.25) is 4.79 Å². The standard InChI is InChI=1S/C13H24N2OS/c1-3-4-5-7-10(2)15-12(16)13(11(14)17)8-6-9-13/h10H,3-9H2,1-2H3,(H2,14,17)(H,15,16). The molecule has 1 rings (SSSR count). The fourth-order valence-corrected chi connectivity index (χ4v) is 2.55. The minimum atomic E-state index is -0.533. The number of hydrogen-bond donors (Lipinski definition) is 2. The smallest absolute Gasteiger partial charge is 0.233 e. The number of amides is 1. The monoisotopic (exact) mass is 256 g/mol. The molecular weight excluding hydrogens is 232 g/mol. The van der Waals surface area contributed by atoms with Gasteiger partial charge in [0, 0.05) is 6.04 Å². The third-order valence-electron chi connectivity index (χ3n) is 3.73. The maximum atomic E-state index is 12.2. The van der Waals surface area contributed by atoms with Gasteiger partial charge in [0.05, 0.1) is 10.4 Å². The Labute approximate surface area is 110 Å². The van der Waals surface area contributed by atoms with E-state index in [0.717, 1.165) is 32.1 Å². The molecule has 0 aromatic rings. The van der Waals surface area contributed by atoms with E-state index in [1.807, 2.05) is 0 Å². The van der Waals surface area contributed by atoms with Gasteiger partial charge in [0.1, 0.15) is 0 Å². The van der Waals surface area contributed by atoms with Gasteiger partial charge < -0.3 is 11.1 Å². The summed E-state index contributed by atoms with van der Waals surface area (Å²) in [5.74, 6) is 0.0419. The molecule has 1 amide bonds. The highest BCUT2D eigenvalue weighted by Gasteiger charge is 2.47. The number of carbonyl (C=O) groups excluding carboxylic acids is 1. The Bertz CT molecular complexity index is 287. The van der Waals surface area contributed by atoms with Crippen molar-refractivity contribution in [3.8, 4) is 0 Å².